The molecule has 1 fully saturated rings. The number of carbonyl (C=O) groups excluding carboxylic acids is 2. The molecule has 9 N–H and O–H groups in total. The minimum atomic E-state index is -1.57. The number of aromatic nitrogens is 2. The number of aryl methyl sites for hydroxylation is 1. The number of phenols is 1. The molecule has 0 aliphatic carbocycles. The van der Waals surface area contributed by atoms with E-state index in [1.807, 2.05) is 38.1 Å². The Balaban J connectivity index is 1.33. The lowest BCUT2D eigenvalue weighted by Crippen LogP contribution is -2.60. The van der Waals surface area contributed by atoms with E-state index in [1.54, 1.807) is 12.1 Å². The molecule has 13 nitrogen and oxygen atoms in total. The number of primary amides is 1. The second kappa shape index (κ2) is 15.3. The quantitative estimate of drug-likeness (QED) is 0.124. The third-order valence-electron chi connectivity index (χ3n) is 7.84. The zero-order valence-corrected chi connectivity index (χ0v) is 25.3. The van der Waals surface area contributed by atoms with Crippen molar-refractivity contribution in [3.8, 4) is 11.6 Å². The minimum absolute atomic E-state index is 0.0697. The molecule has 6 atom stereocenters. The summed E-state index contributed by atoms with van der Waals surface area (Å²) in [6.45, 7) is 3.42. The van der Waals surface area contributed by atoms with Crippen LogP contribution in [-0.2, 0) is 33.6 Å². The van der Waals surface area contributed by atoms with Crippen molar-refractivity contribution in [3.05, 3.63) is 76.5 Å². The number of nitrogens with zero attached hydrogens (tertiary/aromatic N) is 1. The fourth-order valence-electron chi connectivity index (χ4n) is 5.22. The Kier molecular flexibility index (Phi) is 11.5. The van der Waals surface area contributed by atoms with E-state index in [-0.39, 0.29) is 36.3 Å². The summed E-state index contributed by atoms with van der Waals surface area (Å²) in [5, 5.41) is 59.5. The molecule has 45 heavy (non-hydrogen) atoms. The van der Waals surface area contributed by atoms with E-state index in [4.69, 9.17) is 15.2 Å². The van der Waals surface area contributed by atoms with Crippen LogP contribution in [0.2, 0.25) is 0 Å². The number of aliphatic hydroxyl groups is 4. The smallest absolute Gasteiger partial charge is 0.240 e. The summed E-state index contributed by atoms with van der Waals surface area (Å²) in [7, 11) is 0. The molecule has 0 unspecified atom stereocenters. The molecule has 3 aromatic rings. The standard InChI is InChI=1S/C32H42N4O9/c1-17(2)26-22(31(36-35-26)45-32-29(42)28(41)27(40)24(16-37)44-32)14-19-8-6-18(7-9-19)4-3-5-25(39)34-23(30(33)43)15-20-10-12-21(38)13-11-20/h6-13,17,23-24,27-29,32,37-38,40-42H,3-5,14-16H2,1-2H3,(H2,33,43)(H,34,39)(H,35,36)/t23-,24+,27+,28-,29+,32-/m0/s1. The van der Waals surface area contributed by atoms with Crippen molar-refractivity contribution in [2.75, 3.05) is 6.61 Å². The summed E-state index contributed by atoms with van der Waals surface area (Å²) < 4.78 is 11.4. The van der Waals surface area contributed by atoms with Crippen LogP contribution in [0.1, 0.15) is 60.6 Å². The number of aromatic hydroxyl groups is 1. The first-order valence-electron chi connectivity index (χ1n) is 15.0. The van der Waals surface area contributed by atoms with Gasteiger partial charge in [0.05, 0.1) is 6.61 Å². The highest BCUT2D eigenvalue weighted by molar-refractivity contribution is 5.86. The van der Waals surface area contributed by atoms with Gasteiger partial charge < -0.3 is 46.1 Å². The number of amides is 2. The Morgan fingerprint density at radius 2 is 1.64 bits per heavy atom. The van der Waals surface area contributed by atoms with Gasteiger partial charge in [-0.25, -0.2) is 0 Å². The highest BCUT2D eigenvalue weighted by Gasteiger charge is 2.45. The predicted molar refractivity (Wildman–Crippen MR) is 162 cm³/mol. The largest absolute Gasteiger partial charge is 0.508 e. The van der Waals surface area contributed by atoms with Gasteiger partial charge in [-0.3, -0.25) is 14.7 Å². The molecule has 0 bridgehead atoms. The summed E-state index contributed by atoms with van der Waals surface area (Å²) in [5.74, 6) is -0.550. The topological polar surface area (TPSA) is 220 Å². The van der Waals surface area contributed by atoms with Crippen LogP contribution in [0.4, 0.5) is 0 Å². The summed E-state index contributed by atoms with van der Waals surface area (Å²) in [4.78, 5) is 24.4. The first-order chi connectivity index (χ1) is 21.5. The third-order valence-corrected chi connectivity index (χ3v) is 7.84. The van der Waals surface area contributed by atoms with E-state index < -0.39 is 49.3 Å². The summed E-state index contributed by atoms with van der Waals surface area (Å²) in [5.41, 5.74) is 9.80. The van der Waals surface area contributed by atoms with Gasteiger partial charge in [0.25, 0.3) is 0 Å². The van der Waals surface area contributed by atoms with Crippen molar-refractivity contribution in [2.24, 2.45) is 5.73 Å². The maximum Gasteiger partial charge on any atom is 0.240 e. The van der Waals surface area contributed by atoms with Gasteiger partial charge in [0.2, 0.25) is 24.0 Å². The van der Waals surface area contributed by atoms with Gasteiger partial charge in [0, 0.05) is 30.5 Å². The molecule has 1 aliphatic heterocycles. The van der Waals surface area contributed by atoms with Crippen LogP contribution in [0.3, 0.4) is 0 Å². The molecule has 2 amide bonds. The number of carbonyl (C=O) groups is 2. The number of nitrogens with two attached hydrogens (primary N) is 1. The molecule has 1 aliphatic rings. The number of aromatic amines is 1. The number of H-pyrrole nitrogens is 1. The molecule has 1 saturated heterocycles. The number of rotatable bonds is 14. The molecular formula is C32H42N4O9. The van der Waals surface area contributed by atoms with Crippen LogP contribution in [-0.4, -0.2) is 90.9 Å². The molecule has 0 radical (unpaired) electrons. The average Bonchev–Trinajstić information content (AvgIpc) is 3.41. The fraction of sp³-hybridized carbons (Fsp3) is 0.469. The molecule has 2 aromatic carbocycles. The molecule has 0 saturated carbocycles. The number of aliphatic hydroxyl groups excluding tert-OH is 4. The molecule has 1 aromatic heterocycles. The van der Waals surface area contributed by atoms with Gasteiger partial charge in [-0.1, -0.05) is 50.2 Å². The Bertz CT molecular complexity index is 1410. The van der Waals surface area contributed by atoms with Crippen molar-refractivity contribution in [2.45, 2.75) is 88.6 Å². The average molecular weight is 627 g/mol. The molecule has 13 heteroatoms. The van der Waals surface area contributed by atoms with Gasteiger partial charge in [0.1, 0.15) is 36.2 Å². The lowest BCUT2D eigenvalue weighted by Gasteiger charge is -2.39. The van der Waals surface area contributed by atoms with Crippen molar-refractivity contribution in [1.29, 1.82) is 0 Å². The fourth-order valence-corrected chi connectivity index (χ4v) is 5.22. The van der Waals surface area contributed by atoms with Crippen molar-refractivity contribution < 1.29 is 44.6 Å². The van der Waals surface area contributed by atoms with Crippen LogP contribution >= 0.6 is 0 Å². The first kappa shape index (κ1) is 33.9. The lowest BCUT2D eigenvalue weighted by molar-refractivity contribution is -0.278. The van der Waals surface area contributed by atoms with Crippen molar-refractivity contribution in [3.63, 3.8) is 0 Å². The molecular weight excluding hydrogens is 584 g/mol. The van der Waals surface area contributed by atoms with E-state index in [0.29, 0.717) is 19.3 Å². The Hall–Kier alpha value is -4.01. The maximum atomic E-state index is 12.5. The van der Waals surface area contributed by atoms with Crippen LogP contribution in [0.25, 0.3) is 0 Å². The predicted octanol–water partition coefficient (Wildman–Crippen LogP) is 0.544. The van der Waals surface area contributed by atoms with E-state index >= 15 is 0 Å². The van der Waals surface area contributed by atoms with E-state index in [0.717, 1.165) is 27.9 Å². The van der Waals surface area contributed by atoms with Crippen molar-refractivity contribution in [1.82, 2.24) is 15.5 Å². The normalized spacial score (nSPS) is 22.2. The van der Waals surface area contributed by atoms with E-state index in [2.05, 4.69) is 15.5 Å². The Labute approximate surface area is 261 Å². The van der Waals surface area contributed by atoms with E-state index in [1.165, 1.54) is 12.1 Å². The number of nitrogens with one attached hydrogen (secondary N) is 2. The second-order valence-corrected chi connectivity index (χ2v) is 11.6. The zero-order chi connectivity index (χ0) is 32.7. The number of hydrogen-bond donors (Lipinski definition) is 8. The lowest BCUT2D eigenvalue weighted by atomic mass is 9.97. The number of ether oxygens (including phenoxy) is 2. The highest BCUT2D eigenvalue weighted by Crippen LogP contribution is 2.31. The van der Waals surface area contributed by atoms with Crippen LogP contribution in [0.15, 0.2) is 48.5 Å². The summed E-state index contributed by atoms with van der Waals surface area (Å²) in [6.07, 6.45) is -4.99. The van der Waals surface area contributed by atoms with Gasteiger partial charge >= 0.3 is 0 Å². The van der Waals surface area contributed by atoms with Crippen molar-refractivity contribution >= 4 is 11.8 Å². The maximum absolute atomic E-state index is 12.5. The zero-order valence-electron chi connectivity index (χ0n) is 25.3. The number of benzene rings is 2. The minimum Gasteiger partial charge on any atom is -0.508 e. The van der Waals surface area contributed by atoms with Crippen LogP contribution in [0.5, 0.6) is 11.6 Å². The monoisotopic (exact) mass is 626 g/mol. The third kappa shape index (κ3) is 8.80. The van der Waals surface area contributed by atoms with Gasteiger partial charge in [0.15, 0.2) is 0 Å². The SMILES string of the molecule is CC(C)c1[nH]nc(O[C@@H]2O[C@H](CO)[C@@H](O)[C@H](O)[C@H]2O)c1Cc1ccc(CCCC(=O)N[C@@H](Cc2ccc(O)cc2)C(N)=O)cc1. The van der Waals surface area contributed by atoms with Gasteiger partial charge in [-0.15, -0.1) is 5.10 Å². The molecule has 0 spiro atoms. The van der Waals surface area contributed by atoms with Gasteiger partial charge in [-0.2, -0.15) is 0 Å². The summed E-state index contributed by atoms with van der Waals surface area (Å²) in [6, 6.07) is 13.4. The van der Waals surface area contributed by atoms with Crippen LogP contribution in [0, 0.1) is 0 Å². The Morgan fingerprint density at radius 1 is 1.00 bits per heavy atom. The first-order valence-corrected chi connectivity index (χ1v) is 15.0. The number of hydrogen-bond acceptors (Lipinski definition) is 10. The van der Waals surface area contributed by atoms with Gasteiger partial charge in [-0.05, 0) is 47.6 Å². The van der Waals surface area contributed by atoms with E-state index in [9.17, 15) is 35.1 Å². The second-order valence-electron chi connectivity index (χ2n) is 11.6. The summed E-state index contributed by atoms with van der Waals surface area (Å²) >= 11 is 0. The van der Waals surface area contributed by atoms with Crippen LogP contribution < -0.4 is 15.8 Å². The molecule has 4 rings (SSSR count). The molecule has 2 heterocycles. The number of phenolic OH excluding ortho intramolecular Hbond substituents is 1. The molecule has 244 valence electrons. The highest BCUT2D eigenvalue weighted by atomic mass is 16.7. The Morgan fingerprint density at radius 3 is 2.27 bits per heavy atom.